The van der Waals surface area contributed by atoms with Crippen LogP contribution < -0.4 is 15.4 Å². The third kappa shape index (κ3) is 4.61. The van der Waals surface area contributed by atoms with Gasteiger partial charge in [-0.1, -0.05) is 0 Å². The second-order valence-electron chi connectivity index (χ2n) is 5.43. The Labute approximate surface area is 133 Å². The lowest BCUT2D eigenvalue weighted by Crippen LogP contribution is -2.40. The van der Waals surface area contributed by atoms with Gasteiger partial charge in [0.2, 0.25) is 5.91 Å². The van der Waals surface area contributed by atoms with E-state index in [-0.39, 0.29) is 24.4 Å². The van der Waals surface area contributed by atoms with E-state index in [2.05, 4.69) is 6.92 Å². The van der Waals surface area contributed by atoms with E-state index in [1.54, 1.807) is 7.11 Å². The summed E-state index contributed by atoms with van der Waals surface area (Å²) < 4.78 is 5.17. The molecule has 21 heavy (non-hydrogen) atoms. The molecule has 0 bridgehead atoms. The molecule has 118 valence electrons. The Kier molecular flexibility index (Phi) is 6.99. The predicted octanol–water partition coefficient (Wildman–Crippen LogP) is 2.99. The summed E-state index contributed by atoms with van der Waals surface area (Å²) in [4.78, 5) is 14.4. The first-order valence-electron chi connectivity index (χ1n) is 7.33. The number of nitrogens with two attached hydrogens (primary N) is 1. The molecule has 2 rings (SSSR count). The molecule has 1 saturated carbocycles. The normalized spacial score (nSPS) is 15.0. The molecule has 1 unspecified atom stereocenters. The Hall–Kier alpha value is -1.26. The third-order valence-electron chi connectivity index (χ3n) is 3.93. The molecular formula is C16H25ClN2O2. The number of nitrogens with zero attached hydrogens (tertiary/aromatic N) is 1. The highest BCUT2D eigenvalue weighted by Gasteiger charge is 2.34. The molecule has 1 aromatic rings. The molecule has 1 atom stereocenters. The number of amides is 1. The van der Waals surface area contributed by atoms with Gasteiger partial charge in [0, 0.05) is 18.2 Å². The fraction of sp³-hybridized carbons (Fsp3) is 0.562. The lowest BCUT2D eigenvalue weighted by Gasteiger charge is -2.30. The number of anilines is 1. The van der Waals surface area contributed by atoms with Gasteiger partial charge in [-0.25, -0.2) is 0 Å². The van der Waals surface area contributed by atoms with Crippen molar-refractivity contribution in [2.24, 2.45) is 11.7 Å². The van der Waals surface area contributed by atoms with E-state index < -0.39 is 0 Å². The minimum atomic E-state index is 0. The summed E-state index contributed by atoms with van der Waals surface area (Å²) in [7, 11) is 1.64. The van der Waals surface area contributed by atoms with Crippen molar-refractivity contribution in [1.29, 1.82) is 0 Å². The monoisotopic (exact) mass is 312 g/mol. The van der Waals surface area contributed by atoms with Crippen LogP contribution in [-0.2, 0) is 4.79 Å². The Morgan fingerprint density at radius 2 is 2.00 bits per heavy atom. The van der Waals surface area contributed by atoms with Crippen molar-refractivity contribution in [2.75, 3.05) is 18.6 Å². The minimum Gasteiger partial charge on any atom is -0.497 e. The molecule has 5 heteroatoms. The van der Waals surface area contributed by atoms with Crippen molar-refractivity contribution >= 4 is 24.0 Å². The van der Waals surface area contributed by atoms with Crippen LogP contribution in [0.4, 0.5) is 5.69 Å². The average Bonchev–Trinajstić information content (AvgIpc) is 3.30. The summed E-state index contributed by atoms with van der Waals surface area (Å²) in [6.07, 6.45) is 3.69. The predicted molar refractivity (Wildman–Crippen MR) is 88.2 cm³/mol. The molecule has 2 N–H and O–H groups in total. The van der Waals surface area contributed by atoms with Crippen molar-refractivity contribution in [3.63, 3.8) is 0 Å². The van der Waals surface area contributed by atoms with Gasteiger partial charge in [0.25, 0.3) is 0 Å². The van der Waals surface area contributed by atoms with Gasteiger partial charge in [0.1, 0.15) is 5.75 Å². The number of rotatable bonds is 7. The zero-order valence-corrected chi connectivity index (χ0v) is 13.6. The quantitative estimate of drug-likeness (QED) is 0.842. The van der Waals surface area contributed by atoms with Crippen molar-refractivity contribution in [1.82, 2.24) is 0 Å². The number of methoxy groups -OCH3 is 1. The van der Waals surface area contributed by atoms with E-state index >= 15 is 0 Å². The first kappa shape index (κ1) is 17.8. The van der Waals surface area contributed by atoms with Crippen molar-refractivity contribution in [2.45, 2.75) is 38.6 Å². The zero-order chi connectivity index (χ0) is 14.5. The summed E-state index contributed by atoms with van der Waals surface area (Å²) in [5, 5.41) is 0. The maximum absolute atomic E-state index is 12.5. The van der Waals surface area contributed by atoms with Crippen LogP contribution in [0.25, 0.3) is 0 Å². The van der Waals surface area contributed by atoms with E-state index in [1.807, 2.05) is 29.2 Å². The molecule has 1 aliphatic rings. The van der Waals surface area contributed by atoms with E-state index in [4.69, 9.17) is 10.5 Å². The molecule has 1 fully saturated rings. The van der Waals surface area contributed by atoms with Crippen LogP contribution in [0.5, 0.6) is 5.75 Å². The van der Waals surface area contributed by atoms with Gasteiger partial charge in [0.15, 0.2) is 0 Å². The van der Waals surface area contributed by atoms with Gasteiger partial charge >= 0.3 is 0 Å². The lowest BCUT2D eigenvalue weighted by atomic mass is 10.1. The fourth-order valence-electron chi connectivity index (χ4n) is 2.51. The zero-order valence-electron chi connectivity index (χ0n) is 12.7. The van der Waals surface area contributed by atoms with Crippen LogP contribution in [0.3, 0.4) is 0 Å². The van der Waals surface area contributed by atoms with Gasteiger partial charge in [-0.15, -0.1) is 12.4 Å². The third-order valence-corrected chi connectivity index (χ3v) is 3.93. The maximum atomic E-state index is 12.5. The highest BCUT2D eigenvalue weighted by Crippen LogP contribution is 2.37. The molecule has 0 radical (unpaired) electrons. The maximum Gasteiger partial charge on any atom is 0.227 e. The largest absolute Gasteiger partial charge is 0.497 e. The fourth-order valence-corrected chi connectivity index (χ4v) is 2.51. The molecular weight excluding hydrogens is 288 g/mol. The Balaban J connectivity index is 0.00000220. The molecule has 0 saturated heterocycles. The highest BCUT2D eigenvalue weighted by molar-refractivity contribution is 5.94. The number of halogens is 1. The number of carbonyl (C=O) groups is 1. The summed E-state index contributed by atoms with van der Waals surface area (Å²) >= 11 is 0. The minimum absolute atomic E-state index is 0. The van der Waals surface area contributed by atoms with E-state index in [0.29, 0.717) is 18.9 Å². The molecule has 1 amide bonds. The van der Waals surface area contributed by atoms with Gasteiger partial charge in [-0.05, 0) is 62.9 Å². The van der Waals surface area contributed by atoms with Crippen LogP contribution in [0.1, 0.15) is 32.6 Å². The smallest absolute Gasteiger partial charge is 0.227 e. The number of hydrogen-bond donors (Lipinski definition) is 1. The summed E-state index contributed by atoms with van der Waals surface area (Å²) in [6.45, 7) is 2.70. The van der Waals surface area contributed by atoms with E-state index in [0.717, 1.165) is 17.9 Å². The SMILES string of the molecule is COc1ccc(N(C(=O)CCCN)C(C)C2CC2)cc1.Cl. The molecule has 0 heterocycles. The lowest BCUT2D eigenvalue weighted by molar-refractivity contribution is -0.119. The second-order valence-corrected chi connectivity index (χ2v) is 5.43. The molecule has 0 spiro atoms. The molecule has 0 aromatic heterocycles. The first-order valence-corrected chi connectivity index (χ1v) is 7.33. The van der Waals surface area contributed by atoms with Crippen LogP contribution in [0.15, 0.2) is 24.3 Å². The summed E-state index contributed by atoms with van der Waals surface area (Å²) in [5.41, 5.74) is 6.47. The standard InChI is InChI=1S/C16H24N2O2.ClH/c1-12(13-5-6-13)18(16(19)4-3-11-17)14-7-9-15(20-2)10-8-14;/h7-10,12-13H,3-6,11,17H2,1-2H3;1H. The van der Waals surface area contributed by atoms with Gasteiger partial charge < -0.3 is 15.4 Å². The summed E-state index contributed by atoms with van der Waals surface area (Å²) in [6, 6.07) is 7.97. The molecule has 1 aliphatic carbocycles. The second kappa shape index (κ2) is 8.25. The number of carbonyl (C=O) groups excluding carboxylic acids is 1. The van der Waals surface area contributed by atoms with Crippen LogP contribution in [0, 0.1) is 5.92 Å². The molecule has 4 nitrogen and oxygen atoms in total. The van der Waals surface area contributed by atoms with Crippen LogP contribution in [-0.4, -0.2) is 25.6 Å². The van der Waals surface area contributed by atoms with Crippen molar-refractivity contribution < 1.29 is 9.53 Å². The van der Waals surface area contributed by atoms with E-state index in [1.165, 1.54) is 12.8 Å². The average molecular weight is 313 g/mol. The summed E-state index contributed by atoms with van der Waals surface area (Å²) in [5.74, 6) is 1.61. The van der Waals surface area contributed by atoms with Gasteiger partial charge in [0.05, 0.1) is 7.11 Å². The molecule has 0 aliphatic heterocycles. The first-order chi connectivity index (χ1) is 9.67. The van der Waals surface area contributed by atoms with Crippen LogP contribution in [0.2, 0.25) is 0 Å². The van der Waals surface area contributed by atoms with Gasteiger partial charge in [-0.2, -0.15) is 0 Å². The van der Waals surface area contributed by atoms with E-state index in [9.17, 15) is 4.79 Å². The number of benzene rings is 1. The topological polar surface area (TPSA) is 55.6 Å². The van der Waals surface area contributed by atoms with Crippen LogP contribution >= 0.6 is 12.4 Å². The van der Waals surface area contributed by atoms with Crippen molar-refractivity contribution in [3.05, 3.63) is 24.3 Å². The molecule has 1 aromatic carbocycles. The Morgan fingerprint density at radius 3 is 2.48 bits per heavy atom. The van der Waals surface area contributed by atoms with Crippen molar-refractivity contribution in [3.8, 4) is 5.75 Å². The number of hydrogen-bond acceptors (Lipinski definition) is 3. The highest BCUT2D eigenvalue weighted by atomic mass is 35.5. The Bertz CT molecular complexity index is 446. The number of ether oxygens (including phenoxy) is 1. The Morgan fingerprint density at radius 1 is 1.38 bits per heavy atom. The van der Waals surface area contributed by atoms with Gasteiger partial charge in [-0.3, -0.25) is 4.79 Å².